The van der Waals surface area contributed by atoms with Gasteiger partial charge in [0, 0.05) is 43.5 Å². The highest BCUT2D eigenvalue weighted by molar-refractivity contribution is 5.84. The first-order chi connectivity index (χ1) is 32.7. The van der Waals surface area contributed by atoms with Gasteiger partial charge in [-0.15, -0.1) is 10.2 Å². The third kappa shape index (κ3) is 17.2. The molecule has 8 aromatic rings. The van der Waals surface area contributed by atoms with Gasteiger partial charge in [0.25, 0.3) is 0 Å². The van der Waals surface area contributed by atoms with Crippen molar-refractivity contribution in [1.29, 1.82) is 0 Å². The van der Waals surface area contributed by atoms with Crippen LogP contribution in [0.4, 0.5) is 0 Å². The monoisotopic (exact) mass is 904 g/mol. The molecule has 0 saturated heterocycles. The molecule has 0 aliphatic heterocycles. The molecule has 352 valence electrons. The van der Waals surface area contributed by atoms with Gasteiger partial charge in [0.2, 0.25) is 17.6 Å². The van der Waals surface area contributed by atoms with Crippen LogP contribution in [0.5, 0.6) is 17.6 Å². The average Bonchev–Trinajstić information content (AvgIpc) is 4.07. The maximum Gasteiger partial charge on any atom is 0.240 e. The van der Waals surface area contributed by atoms with Crippen LogP contribution < -0.4 is 14.2 Å². The molecule has 5 aromatic carbocycles. The third-order valence-corrected chi connectivity index (χ3v) is 10.6. The van der Waals surface area contributed by atoms with Crippen molar-refractivity contribution in [2.24, 2.45) is 0 Å². The summed E-state index contributed by atoms with van der Waals surface area (Å²) in [6.07, 6.45) is 4.95. The molecular weight excluding hydrogens is 835 g/mol. The van der Waals surface area contributed by atoms with Gasteiger partial charge in [0.1, 0.15) is 0 Å². The van der Waals surface area contributed by atoms with Crippen molar-refractivity contribution < 1.29 is 14.2 Å². The summed E-state index contributed by atoms with van der Waals surface area (Å²) < 4.78 is 23.5. The molecule has 0 bridgehead atoms. The molecule has 0 aliphatic rings. The van der Waals surface area contributed by atoms with Crippen molar-refractivity contribution in [3.63, 3.8) is 0 Å². The second-order valence-corrected chi connectivity index (χ2v) is 17.2. The molecule has 12 heteroatoms. The number of ether oxygens (including phenoxy) is 3. The fourth-order valence-electron chi connectivity index (χ4n) is 7.16. The molecule has 3 heterocycles. The molecule has 0 saturated carbocycles. The Kier molecular flexibility index (Phi) is 20.1. The fraction of sp³-hybridized carbons (Fsp3) is 0.327. The number of para-hydroxylation sites is 1. The van der Waals surface area contributed by atoms with Crippen molar-refractivity contribution in [3.05, 3.63) is 181 Å². The van der Waals surface area contributed by atoms with Crippen molar-refractivity contribution in [2.75, 3.05) is 81.7 Å². The summed E-state index contributed by atoms with van der Waals surface area (Å²) in [4.78, 5) is 6.48. The standard InChI is InChI=1S/C21H25N3O.C19H23N3O.C15H21N3O/c1-23(2)14-9-15-25-21-16-20(19-12-7-4-8-13-19)22-24(21)17-18-10-5-3-6-11-18;1-21(2)13-8-14-23-19-17-11-6-7-12-18(17)22(20-19)15-16-9-4-3-5-10-16;1-17(2)10-6-12-19-15-9-11-18(16-15)13-14-7-4-3-5-8-14/h3-8,10-13,16H,9,14-15,17H2,1-2H3;3-7,9-12H,8,13-15H2,1-2H3;3-5,7-9,11H,6,10,12-13H2,1-2H3. The lowest BCUT2D eigenvalue weighted by molar-refractivity contribution is 0.260. The second kappa shape index (κ2) is 27.0. The fourth-order valence-corrected chi connectivity index (χ4v) is 7.16. The van der Waals surface area contributed by atoms with E-state index >= 15 is 0 Å². The predicted octanol–water partition coefficient (Wildman–Crippen LogP) is 9.61. The van der Waals surface area contributed by atoms with Crippen LogP contribution in [0.1, 0.15) is 36.0 Å². The first-order valence-corrected chi connectivity index (χ1v) is 23.3. The molecule has 8 rings (SSSR count). The number of benzene rings is 5. The van der Waals surface area contributed by atoms with Gasteiger partial charge in [-0.25, -0.2) is 4.68 Å². The summed E-state index contributed by atoms with van der Waals surface area (Å²) in [6.45, 7) is 7.38. The van der Waals surface area contributed by atoms with E-state index in [-0.39, 0.29) is 0 Å². The minimum absolute atomic E-state index is 0.685. The quantitative estimate of drug-likeness (QED) is 0.0617. The number of fused-ring (bicyclic) bond motifs is 1. The molecular formula is C55H69N9O3. The first kappa shape index (κ1) is 49.7. The normalized spacial score (nSPS) is 11.1. The van der Waals surface area contributed by atoms with Gasteiger partial charge < -0.3 is 28.9 Å². The Bertz CT molecular complexity index is 2560. The van der Waals surface area contributed by atoms with E-state index in [1.54, 1.807) is 0 Å². The molecule has 0 aliphatic carbocycles. The average molecular weight is 904 g/mol. The van der Waals surface area contributed by atoms with Crippen LogP contribution in [0, 0.1) is 0 Å². The van der Waals surface area contributed by atoms with Crippen LogP contribution in [0.25, 0.3) is 22.2 Å². The highest BCUT2D eigenvalue weighted by Gasteiger charge is 2.13. The number of hydrogen-bond donors (Lipinski definition) is 0. The van der Waals surface area contributed by atoms with Gasteiger partial charge in [0.05, 0.1) is 56.1 Å². The highest BCUT2D eigenvalue weighted by atomic mass is 16.5. The lowest BCUT2D eigenvalue weighted by Gasteiger charge is -2.11. The lowest BCUT2D eigenvalue weighted by atomic mass is 10.2. The van der Waals surface area contributed by atoms with Gasteiger partial charge >= 0.3 is 0 Å². The predicted molar refractivity (Wildman–Crippen MR) is 272 cm³/mol. The number of rotatable bonds is 22. The van der Waals surface area contributed by atoms with Crippen LogP contribution in [0.3, 0.4) is 0 Å². The Balaban J connectivity index is 0.000000167. The summed E-state index contributed by atoms with van der Waals surface area (Å²) >= 11 is 0. The Morgan fingerprint density at radius 3 is 1.49 bits per heavy atom. The topological polar surface area (TPSA) is 90.9 Å². The zero-order chi connectivity index (χ0) is 47.1. The molecule has 0 atom stereocenters. The van der Waals surface area contributed by atoms with Crippen LogP contribution in [-0.4, -0.2) is 126 Å². The molecule has 0 N–H and O–H groups in total. The van der Waals surface area contributed by atoms with Crippen LogP contribution in [0.15, 0.2) is 164 Å². The summed E-state index contributed by atoms with van der Waals surface area (Å²) in [5, 5.41) is 14.9. The lowest BCUT2D eigenvalue weighted by Crippen LogP contribution is -2.16. The van der Waals surface area contributed by atoms with E-state index in [9.17, 15) is 0 Å². The third-order valence-electron chi connectivity index (χ3n) is 10.6. The van der Waals surface area contributed by atoms with E-state index in [1.165, 1.54) is 16.7 Å². The minimum Gasteiger partial charge on any atom is -0.478 e. The molecule has 12 nitrogen and oxygen atoms in total. The SMILES string of the molecule is CN(C)CCCOc1cc(-c2ccccc2)nn1Cc1ccccc1.CN(C)CCCOc1ccn(Cc2ccccc2)n1.CN(C)CCCOc1nn(Cc2ccccc2)c2ccccc12. The van der Waals surface area contributed by atoms with Crippen LogP contribution in [-0.2, 0) is 19.6 Å². The minimum atomic E-state index is 0.685. The second-order valence-electron chi connectivity index (χ2n) is 17.2. The van der Waals surface area contributed by atoms with Crippen LogP contribution in [0.2, 0.25) is 0 Å². The first-order valence-electron chi connectivity index (χ1n) is 23.3. The molecule has 0 spiro atoms. The van der Waals surface area contributed by atoms with Gasteiger partial charge in [-0.1, -0.05) is 133 Å². The van der Waals surface area contributed by atoms with E-state index in [2.05, 4.69) is 152 Å². The molecule has 67 heavy (non-hydrogen) atoms. The number of hydrogen-bond acceptors (Lipinski definition) is 9. The van der Waals surface area contributed by atoms with E-state index in [1.807, 2.05) is 93.0 Å². The summed E-state index contributed by atoms with van der Waals surface area (Å²) in [7, 11) is 12.4. The van der Waals surface area contributed by atoms with Gasteiger partial charge in [-0.2, -0.15) is 5.10 Å². The highest BCUT2D eigenvalue weighted by Crippen LogP contribution is 2.26. The van der Waals surface area contributed by atoms with Crippen molar-refractivity contribution >= 4 is 10.9 Å². The molecule has 0 amide bonds. The maximum atomic E-state index is 6.04. The van der Waals surface area contributed by atoms with Gasteiger partial charge in [0.15, 0.2) is 0 Å². The number of aromatic nitrogens is 6. The Morgan fingerprint density at radius 2 is 0.925 bits per heavy atom. The maximum absolute atomic E-state index is 6.04. The van der Waals surface area contributed by atoms with E-state index in [0.717, 1.165) is 85.9 Å². The Labute approximate surface area is 397 Å². The summed E-state index contributed by atoms with van der Waals surface area (Å²) in [5.74, 6) is 2.26. The smallest absolute Gasteiger partial charge is 0.240 e. The zero-order valence-corrected chi connectivity index (χ0v) is 40.3. The summed E-state index contributed by atoms with van der Waals surface area (Å²) in [6, 6.07) is 53.4. The van der Waals surface area contributed by atoms with Crippen molar-refractivity contribution in [3.8, 4) is 28.9 Å². The zero-order valence-electron chi connectivity index (χ0n) is 40.3. The largest absolute Gasteiger partial charge is 0.478 e. The number of nitrogens with zero attached hydrogens (tertiary/aromatic N) is 9. The van der Waals surface area contributed by atoms with E-state index < -0.39 is 0 Å². The molecule has 0 fully saturated rings. The molecule has 0 unspecified atom stereocenters. The Morgan fingerprint density at radius 1 is 0.448 bits per heavy atom. The summed E-state index contributed by atoms with van der Waals surface area (Å²) in [5.41, 5.74) is 6.85. The van der Waals surface area contributed by atoms with Crippen molar-refractivity contribution in [2.45, 2.75) is 38.9 Å². The van der Waals surface area contributed by atoms with Crippen LogP contribution >= 0.6 is 0 Å². The van der Waals surface area contributed by atoms with E-state index in [4.69, 9.17) is 19.3 Å². The van der Waals surface area contributed by atoms with Gasteiger partial charge in [-0.3, -0.25) is 9.36 Å². The molecule has 3 aromatic heterocycles. The molecule has 0 radical (unpaired) electrons. The van der Waals surface area contributed by atoms with Crippen molar-refractivity contribution in [1.82, 2.24) is 44.0 Å². The van der Waals surface area contributed by atoms with Gasteiger partial charge in [-0.05, 0) is 90.4 Å². The van der Waals surface area contributed by atoms with E-state index in [0.29, 0.717) is 32.2 Å². The Hall–Kier alpha value is -6.73.